The Labute approximate surface area is 112 Å². The normalized spacial score (nSPS) is 10.7. The van der Waals surface area contributed by atoms with Gasteiger partial charge in [-0.1, -0.05) is 22.0 Å². The molecule has 0 aliphatic heterocycles. The fraction of sp³-hybridized carbons (Fsp3) is 0. The van der Waals surface area contributed by atoms with Crippen LogP contribution in [0.5, 0.6) is 11.6 Å². The van der Waals surface area contributed by atoms with Crippen molar-refractivity contribution in [3.63, 3.8) is 0 Å². The van der Waals surface area contributed by atoms with Crippen LogP contribution in [0.15, 0.2) is 53.3 Å². The molecule has 0 bridgehead atoms. The summed E-state index contributed by atoms with van der Waals surface area (Å²) in [6.45, 7) is 0. The number of halogens is 1. The second-order valence-corrected chi connectivity index (χ2v) is 4.72. The number of ether oxygens (including phenoxy) is 1. The second-order valence-electron chi connectivity index (χ2n) is 3.80. The monoisotopic (exact) mass is 303 g/mol. The van der Waals surface area contributed by atoms with Crippen LogP contribution in [0.4, 0.5) is 5.69 Å². The van der Waals surface area contributed by atoms with Crippen LogP contribution in [0.2, 0.25) is 0 Å². The quantitative estimate of drug-likeness (QED) is 0.738. The highest BCUT2D eigenvalue weighted by atomic mass is 79.9. The van der Waals surface area contributed by atoms with Crippen molar-refractivity contribution >= 4 is 27.3 Å². The van der Waals surface area contributed by atoms with E-state index in [4.69, 9.17) is 10.5 Å². The molecule has 2 aromatic heterocycles. The summed E-state index contributed by atoms with van der Waals surface area (Å²) in [6.07, 6.45) is 3.58. The summed E-state index contributed by atoms with van der Waals surface area (Å²) in [5.74, 6) is 1.30. The summed E-state index contributed by atoms with van der Waals surface area (Å²) in [5.41, 5.74) is 7.33. The van der Waals surface area contributed by atoms with Gasteiger partial charge in [-0.2, -0.15) is 0 Å². The molecule has 0 saturated carbocycles. The van der Waals surface area contributed by atoms with Crippen LogP contribution in [0, 0.1) is 0 Å². The van der Waals surface area contributed by atoms with Gasteiger partial charge in [-0.25, -0.2) is 4.98 Å². The topological polar surface area (TPSA) is 52.5 Å². The lowest BCUT2D eigenvalue weighted by atomic mass is 10.3. The predicted octanol–water partition coefficient (Wildman–Crippen LogP) is 3.47. The van der Waals surface area contributed by atoms with Crippen molar-refractivity contribution in [2.75, 3.05) is 5.73 Å². The van der Waals surface area contributed by atoms with Gasteiger partial charge in [-0.05, 0) is 30.3 Å². The molecule has 0 aliphatic carbocycles. The molecule has 0 atom stereocenters. The number of nitrogen functional groups attached to an aromatic ring is 1. The number of rotatable bonds is 2. The fourth-order valence-corrected chi connectivity index (χ4v) is 2.11. The molecule has 18 heavy (non-hydrogen) atoms. The average Bonchev–Trinajstić information content (AvgIpc) is 2.82. The molecule has 4 nitrogen and oxygen atoms in total. The third-order valence-corrected chi connectivity index (χ3v) is 3.07. The highest BCUT2D eigenvalue weighted by molar-refractivity contribution is 9.10. The van der Waals surface area contributed by atoms with Crippen LogP contribution in [-0.4, -0.2) is 9.38 Å². The number of pyridine rings is 1. The van der Waals surface area contributed by atoms with E-state index in [9.17, 15) is 0 Å². The molecule has 3 rings (SSSR count). The van der Waals surface area contributed by atoms with Crippen molar-refractivity contribution < 1.29 is 4.74 Å². The van der Waals surface area contributed by atoms with Gasteiger partial charge in [0.15, 0.2) is 5.75 Å². The molecule has 0 radical (unpaired) electrons. The Morgan fingerprint density at radius 3 is 2.94 bits per heavy atom. The van der Waals surface area contributed by atoms with Gasteiger partial charge >= 0.3 is 0 Å². The van der Waals surface area contributed by atoms with Crippen molar-refractivity contribution in [1.29, 1.82) is 0 Å². The highest BCUT2D eigenvalue weighted by Crippen LogP contribution is 2.29. The minimum Gasteiger partial charge on any atom is -0.438 e. The summed E-state index contributed by atoms with van der Waals surface area (Å²) in [5, 5.41) is 0. The summed E-state index contributed by atoms with van der Waals surface area (Å²) in [4.78, 5) is 4.20. The first-order chi connectivity index (χ1) is 8.74. The van der Waals surface area contributed by atoms with Crippen LogP contribution >= 0.6 is 15.9 Å². The lowest BCUT2D eigenvalue weighted by molar-refractivity contribution is 0.458. The first kappa shape index (κ1) is 11.1. The van der Waals surface area contributed by atoms with Gasteiger partial charge in [0.2, 0.25) is 5.88 Å². The van der Waals surface area contributed by atoms with Gasteiger partial charge in [0.1, 0.15) is 5.65 Å². The molecule has 0 spiro atoms. The van der Waals surface area contributed by atoms with Gasteiger partial charge in [-0.15, -0.1) is 0 Å². The zero-order valence-corrected chi connectivity index (χ0v) is 11.0. The maximum absolute atomic E-state index is 5.91. The van der Waals surface area contributed by atoms with E-state index in [1.807, 2.05) is 47.0 Å². The molecule has 0 fully saturated rings. The SMILES string of the molecule is Nc1cc(Br)ccc1Oc1cccc2nccn12. The van der Waals surface area contributed by atoms with Crippen molar-refractivity contribution in [1.82, 2.24) is 9.38 Å². The van der Waals surface area contributed by atoms with Gasteiger partial charge in [0.25, 0.3) is 0 Å². The molecule has 90 valence electrons. The van der Waals surface area contributed by atoms with E-state index in [1.54, 1.807) is 6.20 Å². The predicted molar refractivity (Wildman–Crippen MR) is 73.8 cm³/mol. The zero-order valence-electron chi connectivity index (χ0n) is 9.38. The largest absolute Gasteiger partial charge is 0.438 e. The molecule has 0 unspecified atom stereocenters. The third kappa shape index (κ3) is 1.93. The maximum Gasteiger partial charge on any atom is 0.205 e. The summed E-state index contributed by atoms with van der Waals surface area (Å²) in [7, 11) is 0. The van der Waals surface area contributed by atoms with Gasteiger partial charge in [0, 0.05) is 16.9 Å². The molecule has 2 heterocycles. The van der Waals surface area contributed by atoms with E-state index < -0.39 is 0 Å². The van der Waals surface area contributed by atoms with Crippen molar-refractivity contribution in [3.05, 3.63) is 53.3 Å². The van der Waals surface area contributed by atoms with E-state index in [2.05, 4.69) is 20.9 Å². The van der Waals surface area contributed by atoms with Crippen LogP contribution < -0.4 is 10.5 Å². The van der Waals surface area contributed by atoms with Crippen LogP contribution in [0.25, 0.3) is 5.65 Å². The summed E-state index contributed by atoms with van der Waals surface area (Å²) < 4.78 is 8.60. The standard InChI is InChI=1S/C13H10BrN3O/c14-9-4-5-11(10(15)8-9)18-13-3-1-2-12-16-6-7-17(12)13/h1-8H,15H2. The molecule has 0 amide bonds. The van der Waals surface area contributed by atoms with Crippen molar-refractivity contribution in [3.8, 4) is 11.6 Å². The van der Waals surface area contributed by atoms with Gasteiger partial charge in [-0.3, -0.25) is 4.40 Å². The van der Waals surface area contributed by atoms with E-state index in [1.165, 1.54) is 0 Å². The number of aromatic nitrogens is 2. The fourth-order valence-electron chi connectivity index (χ4n) is 1.73. The first-order valence-electron chi connectivity index (χ1n) is 5.39. The Balaban J connectivity index is 2.03. The van der Waals surface area contributed by atoms with Crippen LogP contribution in [-0.2, 0) is 0 Å². The molecule has 1 aromatic carbocycles. The lowest BCUT2D eigenvalue weighted by Crippen LogP contribution is -1.96. The number of nitrogens with zero attached hydrogens (tertiary/aromatic N) is 2. The molecule has 3 aromatic rings. The molecule has 0 saturated heterocycles. The Morgan fingerprint density at radius 2 is 2.11 bits per heavy atom. The van der Waals surface area contributed by atoms with Gasteiger partial charge < -0.3 is 10.5 Å². The number of nitrogens with two attached hydrogens (primary N) is 1. The van der Waals surface area contributed by atoms with E-state index in [0.29, 0.717) is 17.3 Å². The highest BCUT2D eigenvalue weighted by Gasteiger charge is 2.06. The minimum absolute atomic E-state index is 0.585. The van der Waals surface area contributed by atoms with Crippen molar-refractivity contribution in [2.24, 2.45) is 0 Å². The first-order valence-corrected chi connectivity index (χ1v) is 6.18. The third-order valence-electron chi connectivity index (χ3n) is 2.58. The number of hydrogen-bond donors (Lipinski definition) is 1. The molecule has 5 heteroatoms. The Bertz CT molecular complexity index is 708. The van der Waals surface area contributed by atoms with Crippen molar-refractivity contribution in [2.45, 2.75) is 0 Å². The van der Waals surface area contributed by atoms with E-state index >= 15 is 0 Å². The summed E-state index contributed by atoms with van der Waals surface area (Å²) in [6, 6.07) is 11.2. The molecule has 0 aliphatic rings. The molecular formula is C13H10BrN3O. The average molecular weight is 304 g/mol. The van der Waals surface area contributed by atoms with Gasteiger partial charge in [0.05, 0.1) is 5.69 Å². The van der Waals surface area contributed by atoms with E-state index in [-0.39, 0.29) is 0 Å². The summed E-state index contributed by atoms with van der Waals surface area (Å²) >= 11 is 3.36. The Kier molecular flexibility index (Phi) is 2.68. The van der Waals surface area contributed by atoms with Crippen LogP contribution in [0.3, 0.4) is 0 Å². The molecule has 2 N–H and O–H groups in total. The lowest BCUT2D eigenvalue weighted by Gasteiger charge is -2.10. The number of hydrogen-bond acceptors (Lipinski definition) is 3. The number of benzene rings is 1. The molecular weight excluding hydrogens is 294 g/mol. The maximum atomic E-state index is 5.91. The number of imidazole rings is 1. The zero-order chi connectivity index (χ0) is 12.5. The smallest absolute Gasteiger partial charge is 0.205 e. The number of fused-ring (bicyclic) bond motifs is 1. The Morgan fingerprint density at radius 1 is 1.22 bits per heavy atom. The van der Waals surface area contributed by atoms with E-state index in [0.717, 1.165) is 10.1 Å². The minimum atomic E-state index is 0.585. The number of anilines is 1. The Hall–Kier alpha value is -2.01. The second kappa shape index (κ2) is 4.34. The van der Waals surface area contributed by atoms with Crippen LogP contribution in [0.1, 0.15) is 0 Å².